The first-order valence-electron chi connectivity index (χ1n) is 7.82. The Morgan fingerprint density at radius 3 is 2.35 bits per heavy atom. The van der Waals surface area contributed by atoms with Gasteiger partial charge in [-0.05, 0) is 23.8 Å². The molecule has 0 saturated carbocycles. The predicted molar refractivity (Wildman–Crippen MR) is 99.5 cm³/mol. The molecule has 0 aromatic heterocycles. The van der Waals surface area contributed by atoms with Gasteiger partial charge in [0, 0.05) is 18.9 Å². The van der Waals surface area contributed by atoms with Crippen LogP contribution in [0.25, 0.3) is 0 Å². The summed E-state index contributed by atoms with van der Waals surface area (Å²) in [5.74, 6) is -1.46. The van der Waals surface area contributed by atoms with Crippen molar-refractivity contribution in [1.82, 2.24) is 5.32 Å². The smallest absolute Gasteiger partial charge is 0.329 e. The lowest BCUT2D eigenvalue weighted by atomic mass is 10.1. The zero-order chi connectivity index (χ0) is 19.1. The first kappa shape index (κ1) is 19.9. The molecule has 0 radical (unpaired) electrons. The summed E-state index contributed by atoms with van der Waals surface area (Å²) in [6, 6.07) is 12.7. The number of esters is 1. The van der Waals surface area contributed by atoms with Crippen LogP contribution in [0.2, 0.25) is 10.0 Å². The van der Waals surface area contributed by atoms with Crippen molar-refractivity contribution in [2.45, 2.75) is 19.4 Å². The Morgan fingerprint density at radius 2 is 1.73 bits per heavy atom. The molecule has 1 atom stereocenters. The molecule has 0 unspecified atom stereocenters. The molecule has 136 valence electrons. The van der Waals surface area contributed by atoms with E-state index < -0.39 is 24.4 Å². The Kier molecular flexibility index (Phi) is 7.18. The minimum Gasteiger partial charge on any atom is -0.456 e. The highest BCUT2D eigenvalue weighted by molar-refractivity contribution is 6.42. The van der Waals surface area contributed by atoms with Crippen molar-refractivity contribution >= 4 is 40.9 Å². The topological polar surface area (TPSA) is 72.5 Å². The first-order valence-corrected chi connectivity index (χ1v) is 8.58. The normalized spacial score (nSPS) is 11.5. The summed E-state index contributed by atoms with van der Waals surface area (Å²) in [5, 5.41) is 3.11. The van der Waals surface area contributed by atoms with Crippen molar-refractivity contribution in [3.8, 4) is 0 Å². The van der Waals surface area contributed by atoms with E-state index in [0.29, 0.717) is 5.02 Å². The average Bonchev–Trinajstić information content (AvgIpc) is 2.61. The molecule has 0 saturated heterocycles. The van der Waals surface area contributed by atoms with E-state index in [0.717, 1.165) is 5.56 Å². The minimum atomic E-state index is -0.878. The van der Waals surface area contributed by atoms with E-state index in [2.05, 4.69) is 5.32 Å². The maximum Gasteiger partial charge on any atom is 0.329 e. The zero-order valence-corrected chi connectivity index (χ0v) is 15.5. The molecule has 0 aliphatic carbocycles. The van der Waals surface area contributed by atoms with Crippen LogP contribution in [0.1, 0.15) is 22.8 Å². The van der Waals surface area contributed by atoms with E-state index in [1.54, 1.807) is 0 Å². The number of amides is 1. The van der Waals surface area contributed by atoms with Crippen molar-refractivity contribution in [2.75, 3.05) is 6.61 Å². The van der Waals surface area contributed by atoms with Crippen molar-refractivity contribution in [3.05, 3.63) is 69.7 Å². The lowest BCUT2D eigenvalue weighted by Crippen LogP contribution is -2.42. The Hall–Kier alpha value is -2.37. The van der Waals surface area contributed by atoms with Gasteiger partial charge < -0.3 is 10.1 Å². The number of ketones is 1. The summed E-state index contributed by atoms with van der Waals surface area (Å²) in [5.41, 5.74) is 1.14. The number of halogens is 2. The van der Waals surface area contributed by atoms with Crippen LogP contribution >= 0.6 is 23.2 Å². The molecule has 26 heavy (non-hydrogen) atoms. The van der Waals surface area contributed by atoms with Crippen LogP contribution in [-0.4, -0.2) is 30.3 Å². The standard InChI is InChI=1S/C19H17Cl2NO4/c1-12(23)22-17(9-13-5-3-2-4-6-13)19(25)26-11-18(24)14-7-8-15(20)16(21)10-14/h2-8,10,17H,9,11H2,1H3,(H,22,23)/t17-/m1/s1. The maximum absolute atomic E-state index is 12.3. The molecule has 2 aromatic rings. The van der Waals surface area contributed by atoms with Gasteiger partial charge in [0.25, 0.3) is 0 Å². The van der Waals surface area contributed by atoms with Crippen LogP contribution in [0, 0.1) is 0 Å². The second kappa shape index (κ2) is 9.36. The molecule has 0 heterocycles. The summed E-state index contributed by atoms with van der Waals surface area (Å²) < 4.78 is 5.08. The van der Waals surface area contributed by atoms with Crippen molar-refractivity contribution < 1.29 is 19.1 Å². The van der Waals surface area contributed by atoms with Crippen molar-refractivity contribution in [3.63, 3.8) is 0 Å². The SMILES string of the molecule is CC(=O)N[C@H](Cc1ccccc1)C(=O)OCC(=O)c1ccc(Cl)c(Cl)c1. The molecule has 2 rings (SSSR count). The summed E-state index contributed by atoms with van der Waals surface area (Å²) in [7, 11) is 0. The molecule has 0 aliphatic heterocycles. The van der Waals surface area contributed by atoms with Crippen LogP contribution in [0.3, 0.4) is 0 Å². The van der Waals surface area contributed by atoms with Crippen LogP contribution in [0.5, 0.6) is 0 Å². The zero-order valence-electron chi connectivity index (χ0n) is 14.0. The number of carbonyl (C=O) groups is 3. The highest BCUT2D eigenvalue weighted by Crippen LogP contribution is 2.22. The van der Waals surface area contributed by atoms with Gasteiger partial charge in [0.05, 0.1) is 10.0 Å². The molecule has 7 heteroatoms. The fourth-order valence-electron chi connectivity index (χ4n) is 2.28. The number of ether oxygens (including phenoxy) is 1. The minimum absolute atomic E-state index is 0.240. The molecule has 1 amide bonds. The van der Waals surface area contributed by atoms with Gasteiger partial charge in [0.15, 0.2) is 12.4 Å². The van der Waals surface area contributed by atoms with Gasteiger partial charge in [-0.15, -0.1) is 0 Å². The third-order valence-electron chi connectivity index (χ3n) is 3.53. The maximum atomic E-state index is 12.3. The lowest BCUT2D eigenvalue weighted by molar-refractivity contribution is -0.146. The molecule has 0 spiro atoms. The van der Waals surface area contributed by atoms with Crippen molar-refractivity contribution in [1.29, 1.82) is 0 Å². The number of nitrogens with one attached hydrogen (secondary N) is 1. The van der Waals surface area contributed by atoms with E-state index in [9.17, 15) is 14.4 Å². The largest absolute Gasteiger partial charge is 0.456 e. The lowest BCUT2D eigenvalue weighted by Gasteiger charge is -2.16. The highest BCUT2D eigenvalue weighted by atomic mass is 35.5. The average molecular weight is 394 g/mol. The van der Waals surface area contributed by atoms with Crippen LogP contribution < -0.4 is 5.32 Å². The monoisotopic (exact) mass is 393 g/mol. The predicted octanol–water partition coefficient (Wildman–Crippen LogP) is 3.47. The van der Waals surface area contributed by atoms with Gasteiger partial charge in [0.1, 0.15) is 6.04 Å². The van der Waals surface area contributed by atoms with E-state index in [1.807, 2.05) is 30.3 Å². The number of benzene rings is 2. The number of hydrogen-bond donors (Lipinski definition) is 1. The van der Waals surface area contributed by atoms with Crippen LogP contribution in [0.15, 0.2) is 48.5 Å². The number of hydrogen-bond acceptors (Lipinski definition) is 4. The van der Waals surface area contributed by atoms with E-state index in [1.165, 1.54) is 25.1 Å². The molecule has 0 aliphatic rings. The number of Topliss-reactive ketones (excluding diaryl/α,β-unsaturated/α-hetero) is 1. The molecule has 0 bridgehead atoms. The molecule has 0 fully saturated rings. The van der Waals surface area contributed by atoms with Gasteiger partial charge in [-0.3, -0.25) is 9.59 Å². The van der Waals surface area contributed by atoms with E-state index in [4.69, 9.17) is 27.9 Å². The van der Waals surface area contributed by atoms with Crippen LogP contribution in [0.4, 0.5) is 0 Å². The van der Waals surface area contributed by atoms with E-state index in [-0.39, 0.29) is 22.9 Å². The van der Waals surface area contributed by atoms with Crippen molar-refractivity contribution in [2.24, 2.45) is 0 Å². The van der Waals surface area contributed by atoms with Gasteiger partial charge in [0.2, 0.25) is 5.91 Å². The summed E-state index contributed by atoms with van der Waals surface area (Å²) in [4.78, 5) is 35.8. The molecule has 2 aromatic carbocycles. The van der Waals surface area contributed by atoms with E-state index >= 15 is 0 Å². The summed E-state index contributed by atoms with van der Waals surface area (Å²) in [6.45, 7) is 0.855. The first-order chi connectivity index (χ1) is 12.4. The fraction of sp³-hybridized carbons (Fsp3) is 0.211. The molecular formula is C19H17Cl2NO4. The highest BCUT2D eigenvalue weighted by Gasteiger charge is 2.22. The molecule has 1 N–H and O–H groups in total. The number of carbonyl (C=O) groups excluding carboxylic acids is 3. The van der Waals surface area contributed by atoms with Gasteiger partial charge >= 0.3 is 5.97 Å². The van der Waals surface area contributed by atoms with Gasteiger partial charge in [-0.25, -0.2) is 4.79 Å². The Morgan fingerprint density at radius 1 is 1.04 bits per heavy atom. The fourth-order valence-corrected chi connectivity index (χ4v) is 2.58. The third-order valence-corrected chi connectivity index (χ3v) is 4.27. The van der Waals surface area contributed by atoms with Crippen LogP contribution in [-0.2, 0) is 20.7 Å². The Bertz CT molecular complexity index is 808. The second-order valence-electron chi connectivity index (χ2n) is 5.60. The number of rotatable bonds is 7. The second-order valence-corrected chi connectivity index (χ2v) is 6.42. The summed E-state index contributed by atoms with van der Waals surface area (Å²) >= 11 is 11.7. The third kappa shape index (κ3) is 5.86. The Balaban J connectivity index is 2.00. The molecular weight excluding hydrogens is 377 g/mol. The molecule has 5 nitrogen and oxygen atoms in total. The quantitative estimate of drug-likeness (QED) is 0.577. The van der Waals surface area contributed by atoms with Gasteiger partial charge in [-0.1, -0.05) is 53.5 Å². The summed E-state index contributed by atoms with van der Waals surface area (Å²) in [6.07, 6.45) is 0.264. The van der Waals surface area contributed by atoms with Gasteiger partial charge in [-0.2, -0.15) is 0 Å². The Labute approximate surface area is 161 Å².